The Bertz CT molecular complexity index is 588. The predicted molar refractivity (Wildman–Crippen MR) is 95.7 cm³/mol. The zero-order valence-electron chi connectivity index (χ0n) is 14.1. The monoisotopic (exact) mass is 372 g/mol. The van der Waals surface area contributed by atoms with E-state index in [1.807, 2.05) is 82.1 Å². The third-order valence-electron chi connectivity index (χ3n) is 4.12. The number of ether oxygens (including phenoxy) is 1. The van der Waals surface area contributed by atoms with Crippen LogP contribution >= 0.6 is 0 Å². The van der Waals surface area contributed by atoms with Gasteiger partial charge in [-0.2, -0.15) is 0 Å². The molecule has 126 valence electrons. The second-order valence-corrected chi connectivity index (χ2v) is 5.67. The third-order valence-corrected chi connectivity index (χ3v) is 4.12. The van der Waals surface area contributed by atoms with Crippen molar-refractivity contribution in [1.29, 1.82) is 0 Å². The summed E-state index contributed by atoms with van der Waals surface area (Å²) in [5, 5.41) is 0. The molecule has 4 rings (SSSR count). The zero-order chi connectivity index (χ0) is 16.8. The molecule has 0 N–H and O–H groups in total. The molecule has 0 unspecified atom stereocenters. The summed E-state index contributed by atoms with van der Waals surface area (Å²) in [4.78, 5) is 12.5. The first-order valence-corrected chi connectivity index (χ1v) is 8.09. The fourth-order valence-electron chi connectivity index (χ4n) is 2.92. The van der Waals surface area contributed by atoms with Crippen LogP contribution < -0.4 is 4.74 Å². The van der Waals surface area contributed by atoms with Gasteiger partial charge in [-0.25, -0.2) is 0 Å². The van der Waals surface area contributed by atoms with Gasteiger partial charge >= 0.3 is 17.1 Å². The number of fused-ring (bicyclic) bond motifs is 1. The maximum Gasteiger partial charge on any atom is 2.00 e. The van der Waals surface area contributed by atoms with Gasteiger partial charge in [-0.05, 0) is 82.3 Å². The van der Waals surface area contributed by atoms with E-state index < -0.39 is 0 Å². The molecule has 25 heavy (non-hydrogen) atoms. The number of methoxy groups -OCH3 is 1. The molecule has 3 aliphatic rings. The maximum absolute atomic E-state index is 12.5. The molecular formula is C22H20FeO2+2. The summed E-state index contributed by atoms with van der Waals surface area (Å²) < 4.78 is 5.33. The van der Waals surface area contributed by atoms with E-state index in [0.717, 1.165) is 41.2 Å². The normalized spacial score (nSPS) is 21.3. The Morgan fingerprint density at radius 3 is 2.16 bits per heavy atom. The molecule has 0 atom stereocenters. The first kappa shape index (κ1) is 20.3. The number of Topliss-reactive ketones (excluding diaryl/α,β-unsaturated/α-hetero) is 1. The summed E-state index contributed by atoms with van der Waals surface area (Å²) in [7, 11) is 1.65. The number of carbonyl (C=O) groups is 1. The minimum absolute atomic E-state index is 0. The van der Waals surface area contributed by atoms with Crippen LogP contribution in [-0.2, 0) is 23.5 Å². The van der Waals surface area contributed by atoms with E-state index in [4.69, 9.17) is 4.74 Å². The van der Waals surface area contributed by atoms with E-state index in [1.54, 1.807) is 7.11 Å². The molecule has 2 nitrogen and oxygen atoms in total. The Balaban J connectivity index is 0.000000325. The van der Waals surface area contributed by atoms with Gasteiger partial charge in [0, 0.05) is 17.0 Å². The van der Waals surface area contributed by atoms with E-state index in [2.05, 4.69) is 0 Å². The Morgan fingerprint density at radius 2 is 1.56 bits per heavy atom. The maximum atomic E-state index is 12.5. The van der Waals surface area contributed by atoms with Crippen LogP contribution in [0.1, 0.15) is 22.3 Å². The minimum atomic E-state index is 0. The number of rotatable bonds is 2. The van der Waals surface area contributed by atoms with Crippen molar-refractivity contribution in [2.24, 2.45) is 0 Å². The molecule has 0 aromatic heterocycles. The van der Waals surface area contributed by atoms with E-state index in [0.29, 0.717) is 0 Å². The largest absolute Gasteiger partial charge is 2.00 e. The first-order chi connectivity index (χ1) is 11.8. The van der Waals surface area contributed by atoms with E-state index in [1.165, 1.54) is 0 Å². The van der Waals surface area contributed by atoms with Crippen molar-refractivity contribution < 1.29 is 26.6 Å². The fourth-order valence-corrected chi connectivity index (χ4v) is 2.92. The number of allylic oxidation sites excluding steroid dienone is 2. The molecule has 1 aromatic carbocycles. The smallest absolute Gasteiger partial charge is 0.496 e. The van der Waals surface area contributed by atoms with Gasteiger partial charge in [-0.1, -0.05) is 18.2 Å². The molecule has 0 spiro atoms. The molecule has 0 aliphatic heterocycles. The summed E-state index contributed by atoms with van der Waals surface area (Å²) >= 11 is 0. The van der Waals surface area contributed by atoms with Gasteiger partial charge < -0.3 is 4.74 Å². The Kier molecular flexibility index (Phi) is 8.25. The molecule has 1 aromatic rings. The van der Waals surface area contributed by atoms with Crippen molar-refractivity contribution >= 4 is 5.78 Å². The molecule has 0 saturated heterocycles. The Labute approximate surface area is 162 Å². The van der Waals surface area contributed by atoms with Gasteiger partial charge in [0.25, 0.3) is 0 Å². The Morgan fingerprint density at radius 1 is 0.920 bits per heavy atom. The van der Waals surface area contributed by atoms with Crippen LogP contribution in [0.5, 0.6) is 5.75 Å². The number of benzene rings is 1. The molecule has 0 bridgehead atoms. The zero-order valence-corrected chi connectivity index (χ0v) is 15.2. The summed E-state index contributed by atoms with van der Waals surface area (Å²) in [6.45, 7) is 0. The molecular weight excluding hydrogens is 352 g/mol. The van der Waals surface area contributed by atoms with Crippen molar-refractivity contribution in [3.05, 3.63) is 105 Å². The number of hydrogen-bond acceptors (Lipinski definition) is 2. The van der Waals surface area contributed by atoms with Crippen molar-refractivity contribution in [2.45, 2.75) is 12.8 Å². The van der Waals surface area contributed by atoms with Gasteiger partial charge in [0.15, 0.2) is 5.78 Å². The molecule has 2 saturated carbocycles. The topological polar surface area (TPSA) is 26.3 Å². The quantitative estimate of drug-likeness (QED) is 0.575. The van der Waals surface area contributed by atoms with Crippen LogP contribution in [0, 0.1) is 63.7 Å². The van der Waals surface area contributed by atoms with Crippen LogP contribution in [0.4, 0.5) is 0 Å². The predicted octanol–water partition coefficient (Wildman–Crippen LogP) is 4.17. The van der Waals surface area contributed by atoms with Gasteiger partial charge in [0.05, 0.1) is 7.11 Å². The summed E-state index contributed by atoms with van der Waals surface area (Å²) in [5.41, 5.74) is 2.70. The Hall–Kier alpha value is -1.05. The van der Waals surface area contributed by atoms with Gasteiger partial charge in [-0.15, -0.1) is 0 Å². The average Bonchev–Trinajstić information content (AvgIpc) is 3.33. The summed E-state index contributed by atoms with van der Waals surface area (Å²) in [6, 6.07) is 5.68. The average molecular weight is 372 g/mol. The molecule has 10 radical (unpaired) electrons. The number of carbonyl (C=O) groups excluding carboxylic acids is 1. The second-order valence-electron chi connectivity index (χ2n) is 5.67. The van der Waals surface area contributed by atoms with Crippen LogP contribution in [0.3, 0.4) is 0 Å². The van der Waals surface area contributed by atoms with Gasteiger partial charge in [-0.3, -0.25) is 4.79 Å². The van der Waals surface area contributed by atoms with Crippen LogP contribution in [0.25, 0.3) is 0 Å². The van der Waals surface area contributed by atoms with E-state index in [-0.39, 0.29) is 22.9 Å². The van der Waals surface area contributed by atoms with Gasteiger partial charge in [0.1, 0.15) is 5.75 Å². The van der Waals surface area contributed by atoms with E-state index >= 15 is 0 Å². The van der Waals surface area contributed by atoms with Crippen LogP contribution in [-0.4, -0.2) is 12.9 Å². The van der Waals surface area contributed by atoms with Crippen LogP contribution in [0.15, 0.2) is 29.8 Å². The van der Waals surface area contributed by atoms with Crippen LogP contribution in [0.2, 0.25) is 0 Å². The van der Waals surface area contributed by atoms with Crippen molar-refractivity contribution in [3.8, 4) is 5.75 Å². The fraction of sp³-hybridized carbons (Fsp3) is 0.136. The van der Waals surface area contributed by atoms with Crippen molar-refractivity contribution in [1.82, 2.24) is 0 Å². The van der Waals surface area contributed by atoms with Gasteiger partial charge in [0.2, 0.25) is 0 Å². The van der Waals surface area contributed by atoms with Crippen molar-refractivity contribution in [2.75, 3.05) is 7.11 Å². The first-order valence-electron chi connectivity index (χ1n) is 8.09. The second kappa shape index (κ2) is 10.2. The minimum Gasteiger partial charge on any atom is -0.496 e. The molecule has 2 fully saturated rings. The van der Waals surface area contributed by atoms with E-state index in [9.17, 15) is 4.79 Å². The molecule has 3 heteroatoms. The standard InChI is InChI=1S/C17H15O2.C5H5.Fe/c1-19-16-8-4-7-15-14(16)10-9-13(17(15)18)11-12-5-2-3-6-12;1-2-4-5-3-1;/h2-8,11H,9-10H2,1H3;1-5H;/q;;+2/b13-11+;;. The third kappa shape index (κ3) is 5.21. The summed E-state index contributed by atoms with van der Waals surface area (Å²) in [5.74, 6) is 2.04. The summed E-state index contributed by atoms with van der Waals surface area (Å²) in [6.07, 6.45) is 21.6. The molecule has 0 heterocycles. The number of ketones is 1. The molecule has 0 amide bonds. The molecule has 3 aliphatic carbocycles. The van der Waals surface area contributed by atoms with Crippen molar-refractivity contribution in [3.63, 3.8) is 0 Å². The number of hydrogen-bond donors (Lipinski definition) is 0. The SMILES string of the molecule is COc1cccc2c1CC/C(=C\[C]1[CH][CH][CH][CH]1)C2=O.[CH]1[CH][CH][CH][CH]1.[Fe+2].